The second-order valence-electron chi connectivity index (χ2n) is 8.84. The van der Waals surface area contributed by atoms with Crippen molar-refractivity contribution in [1.29, 1.82) is 0 Å². The van der Waals surface area contributed by atoms with Crippen LogP contribution in [-0.4, -0.2) is 61.3 Å². The van der Waals surface area contributed by atoms with Gasteiger partial charge in [-0.2, -0.15) is 0 Å². The average molecular weight is 423 g/mol. The molecule has 0 saturated carbocycles. The van der Waals surface area contributed by atoms with Gasteiger partial charge < -0.3 is 24.1 Å². The van der Waals surface area contributed by atoms with Crippen molar-refractivity contribution in [2.45, 2.75) is 76.8 Å². The Morgan fingerprint density at radius 2 is 2.07 bits per heavy atom. The molecule has 1 N–H and O–H groups in total. The molecular weight excluding hydrogens is 388 g/mol. The molecule has 0 aromatic heterocycles. The lowest BCUT2D eigenvalue weighted by molar-refractivity contribution is -0.148. The van der Waals surface area contributed by atoms with Crippen molar-refractivity contribution in [1.82, 2.24) is 0 Å². The molecule has 30 heavy (non-hydrogen) atoms. The first-order chi connectivity index (χ1) is 14.3. The molecule has 0 aromatic rings. The van der Waals surface area contributed by atoms with Crippen LogP contribution in [0.2, 0.25) is 0 Å². The van der Waals surface area contributed by atoms with Gasteiger partial charge in [-0.3, -0.25) is 9.59 Å². The van der Waals surface area contributed by atoms with Gasteiger partial charge in [0, 0.05) is 20.0 Å². The minimum atomic E-state index is -0.866. The summed E-state index contributed by atoms with van der Waals surface area (Å²) in [5.74, 6) is -1.37. The maximum absolute atomic E-state index is 12.5. The van der Waals surface area contributed by atoms with Crippen LogP contribution in [0.5, 0.6) is 0 Å². The fourth-order valence-electron chi connectivity index (χ4n) is 4.66. The largest absolute Gasteiger partial charge is 0.463 e. The lowest BCUT2D eigenvalue weighted by Gasteiger charge is -2.26. The van der Waals surface area contributed by atoms with Gasteiger partial charge in [-0.1, -0.05) is 17.7 Å². The molecule has 3 aliphatic rings. The molecule has 6 unspecified atom stereocenters. The number of ether oxygens (including phenoxy) is 4. The van der Waals surface area contributed by atoms with E-state index in [9.17, 15) is 14.7 Å². The van der Waals surface area contributed by atoms with Gasteiger partial charge in [0.05, 0.1) is 18.6 Å². The van der Waals surface area contributed by atoms with E-state index >= 15 is 0 Å². The molecule has 2 saturated heterocycles. The van der Waals surface area contributed by atoms with Crippen LogP contribution >= 0.6 is 0 Å². The van der Waals surface area contributed by atoms with Crippen molar-refractivity contribution < 1.29 is 33.6 Å². The second-order valence-corrected chi connectivity index (χ2v) is 8.84. The number of aliphatic hydroxyl groups excluding tert-OH is 1. The zero-order chi connectivity index (χ0) is 21.9. The Labute approximate surface area is 178 Å². The summed E-state index contributed by atoms with van der Waals surface area (Å²) in [6.07, 6.45) is 6.39. The molecule has 1 aliphatic carbocycles. The topological polar surface area (TPSA) is 94.6 Å². The van der Waals surface area contributed by atoms with Gasteiger partial charge in [-0.05, 0) is 51.5 Å². The molecule has 168 valence electrons. The number of epoxide rings is 1. The van der Waals surface area contributed by atoms with Crippen molar-refractivity contribution in [2.24, 2.45) is 11.8 Å². The van der Waals surface area contributed by atoms with Crippen LogP contribution < -0.4 is 0 Å². The van der Waals surface area contributed by atoms with Gasteiger partial charge in [0.25, 0.3) is 0 Å². The zero-order valence-electron chi connectivity index (χ0n) is 18.4. The fourth-order valence-corrected chi connectivity index (χ4v) is 4.66. The van der Waals surface area contributed by atoms with Crippen LogP contribution in [0.15, 0.2) is 23.3 Å². The molecule has 0 bridgehead atoms. The van der Waals surface area contributed by atoms with Crippen molar-refractivity contribution in [2.75, 3.05) is 20.3 Å². The molecule has 6 atom stereocenters. The minimum absolute atomic E-state index is 0.161. The van der Waals surface area contributed by atoms with Gasteiger partial charge in [0.15, 0.2) is 0 Å². The molecule has 0 spiro atoms. The van der Waals surface area contributed by atoms with E-state index in [0.717, 1.165) is 31.3 Å². The number of allylic oxidation sites excluding steroid dienone is 3. The third-order valence-corrected chi connectivity index (χ3v) is 6.60. The van der Waals surface area contributed by atoms with Crippen molar-refractivity contribution in [3.05, 3.63) is 23.3 Å². The Morgan fingerprint density at radius 3 is 2.77 bits per heavy atom. The lowest BCUT2D eigenvalue weighted by atomic mass is 9.80. The summed E-state index contributed by atoms with van der Waals surface area (Å²) in [5, 5.41) is 11.0. The van der Waals surface area contributed by atoms with E-state index in [1.807, 2.05) is 13.0 Å². The fraction of sp³-hybridized carbons (Fsp3) is 0.739. The minimum Gasteiger partial charge on any atom is -0.463 e. The molecule has 0 amide bonds. The van der Waals surface area contributed by atoms with Gasteiger partial charge >= 0.3 is 11.9 Å². The second kappa shape index (κ2) is 9.62. The SMILES string of the molecule is COCC1C(=O)OC2C(O)C(C)=CCCC(C)=CCCC3(COC(C)=O)OC3CC12. The van der Waals surface area contributed by atoms with Crippen LogP contribution in [0.25, 0.3) is 0 Å². The van der Waals surface area contributed by atoms with Gasteiger partial charge in [0.1, 0.15) is 24.4 Å². The Morgan fingerprint density at radius 1 is 1.30 bits per heavy atom. The van der Waals surface area contributed by atoms with Crippen molar-refractivity contribution >= 4 is 11.9 Å². The summed E-state index contributed by atoms with van der Waals surface area (Å²) in [4.78, 5) is 23.9. The van der Waals surface area contributed by atoms with Crippen LogP contribution in [-0.2, 0) is 28.5 Å². The first kappa shape index (κ1) is 23.0. The van der Waals surface area contributed by atoms with Crippen molar-refractivity contribution in [3.8, 4) is 0 Å². The molecule has 3 rings (SSSR count). The third kappa shape index (κ3) is 5.13. The smallest absolute Gasteiger partial charge is 0.312 e. The van der Waals surface area contributed by atoms with E-state index in [2.05, 4.69) is 13.0 Å². The van der Waals surface area contributed by atoms with Crippen LogP contribution in [0.3, 0.4) is 0 Å². The average Bonchev–Trinajstić information content (AvgIpc) is 3.29. The van der Waals surface area contributed by atoms with Crippen LogP contribution in [0.1, 0.15) is 52.9 Å². The highest BCUT2D eigenvalue weighted by molar-refractivity contribution is 5.75. The van der Waals surface area contributed by atoms with Gasteiger partial charge in [0.2, 0.25) is 0 Å². The predicted octanol–water partition coefficient (Wildman–Crippen LogP) is 2.71. The number of methoxy groups -OCH3 is 1. The number of fused-ring (bicyclic) bond motifs is 2. The van der Waals surface area contributed by atoms with Gasteiger partial charge in [-0.15, -0.1) is 0 Å². The zero-order valence-corrected chi connectivity index (χ0v) is 18.4. The summed E-state index contributed by atoms with van der Waals surface area (Å²) in [7, 11) is 1.55. The summed E-state index contributed by atoms with van der Waals surface area (Å²) < 4.78 is 22.3. The quantitative estimate of drug-likeness (QED) is 0.423. The molecule has 2 heterocycles. The van der Waals surface area contributed by atoms with E-state index < -0.39 is 23.7 Å². The summed E-state index contributed by atoms with van der Waals surface area (Å²) >= 11 is 0. The number of aliphatic hydroxyl groups is 1. The number of hydrogen-bond acceptors (Lipinski definition) is 7. The standard InChI is InChI=1S/C23H34O7/c1-14-7-5-9-15(2)20(25)21-17(18(12-27-4)22(26)29-21)11-19-23(30-19,10-6-8-14)13-28-16(3)24/h8-9,17-21,25H,5-7,10-13H2,1-4H3. The van der Waals surface area contributed by atoms with E-state index in [-0.39, 0.29) is 37.2 Å². The number of esters is 2. The highest BCUT2D eigenvalue weighted by Gasteiger charge is 2.60. The molecule has 0 aromatic carbocycles. The highest BCUT2D eigenvalue weighted by Crippen LogP contribution is 2.48. The Bertz CT molecular complexity index is 712. The number of rotatable bonds is 4. The summed E-state index contributed by atoms with van der Waals surface area (Å²) in [6, 6.07) is 0. The lowest BCUT2D eigenvalue weighted by Crippen LogP contribution is -2.36. The Hall–Kier alpha value is -1.70. The number of carbonyl (C=O) groups excluding carboxylic acids is 2. The Kier molecular flexibility index (Phi) is 7.37. The van der Waals surface area contributed by atoms with E-state index in [1.54, 1.807) is 7.11 Å². The molecular formula is C23H34O7. The highest BCUT2D eigenvalue weighted by atomic mass is 16.6. The third-order valence-electron chi connectivity index (χ3n) is 6.60. The van der Waals surface area contributed by atoms with E-state index in [4.69, 9.17) is 18.9 Å². The Balaban J connectivity index is 1.87. The molecule has 2 fully saturated rings. The molecule has 7 heteroatoms. The van der Waals surface area contributed by atoms with Crippen LogP contribution in [0, 0.1) is 11.8 Å². The first-order valence-electron chi connectivity index (χ1n) is 10.8. The summed E-state index contributed by atoms with van der Waals surface area (Å²) in [6.45, 7) is 5.80. The van der Waals surface area contributed by atoms with Crippen LogP contribution in [0.4, 0.5) is 0 Å². The maximum atomic E-state index is 12.5. The number of carbonyl (C=O) groups is 2. The molecule has 0 radical (unpaired) electrons. The normalized spacial score (nSPS) is 37.1. The summed E-state index contributed by atoms with van der Waals surface area (Å²) in [5.41, 5.74) is 1.54. The predicted molar refractivity (Wildman–Crippen MR) is 110 cm³/mol. The van der Waals surface area contributed by atoms with E-state index in [0.29, 0.717) is 6.42 Å². The monoisotopic (exact) mass is 422 g/mol. The molecule has 2 aliphatic heterocycles. The first-order valence-corrected chi connectivity index (χ1v) is 10.8. The van der Waals surface area contributed by atoms with E-state index in [1.165, 1.54) is 12.5 Å². The molecule has 7 nitrogen and oxygen atoms in total. The maximum Gasteiger partial charge on any atom is 0.312 e. The van der Waals surface area contributed by atoms with Gasteiger partial charge in [-0.25, -0.2) is 0 Å². The number of hydrogen-bond donors (Lipinski definition) is 1. The van der Waals surface area contributed by atoms with Crippen molar-refractivity contribution in [3.63, 3.8) is 0 Å².